The molecular weight excluding hydrogens is 218 g/mol. The summed E-state index contributed by atoms with van der Waals surface area (Å²) in [7, 11) is 0. The predicted octanol–water partition coefficient (Wildman–Crippen LogP) is 0.890. The third kappa shape index (κ3) is 4.78. The van der Waals surface area contributed by atoms with E-state index >= 15 is 0 Å². The number of hydrogen-bond acceptors (Lipinski definition) is 3. The second-order valence-corrected chi connectivity index (χ2v) is 3.99. The van der Waals surface area contributed by atoms with Crippen LogP contribution in [-0.4, -0.2) is 23.4 Å². The van der Waals surface area contributed by atoms with Gasteiger partial charge in [-0.05, 0) is 12.5 Å². The highest BCUT2D eigenvalue weighted by Gasteiger charge is 2.18. The van der Waals surface area contributed by atoms with Crippen LogP contribution in [0.15, 0.2) is 30.3 Å². The Labute approximate surface area is 101 Å². The number of amides is 1. The Hall–Kier alpha value is -1.68. The number of benzene rings is 1. The highest BCUT2D eigenvalue weighted by atomic mass is 16.3. The quantitative estimate of drug-likeness (QED) is 0.769. The minimum Gasteiger partial charge on any atom is -0.396 e. The minimum absolute atomic E-state index is 0.0805. The van der Waals surface area contributed by atoms with Gasteiger partial charge < -0.3 is 15.2 Å². The van der Waals surface area contributed by atoms with Crippen LogP contribution in [0.2, 0.25) is 0 Å². The fourth-order valence-electron chi connectivity index (χ4n) is 1.52. The molecule has 0 fully saturated rings. The van der Waals surface area contributed by atoms with E-state index in [0.29, 0.717) is 6.54 Å². The standard InChI is InChI=1S/C13H17NO3/c1-10(16)7-12(9-15)13(17)14-8-11-5-3-2-4-6-11/h2-6,12,15H,7-9H2,1H3,(H,14,17)/t12-/m1/s1. The van der Waals surface area contributed by atoms with Crippen molar-refractivity contribution in [1.82, 2.24) is 5.32 Å². The Morgan fingerprint density at radius 3 is 2.47 bits per heavy atom. The van der Waals surface area contributed by atoms with Crippen LogP contribution in [0, 0.1) is 5.92 Å². The maximum Gasteiger partial charge on any atom is 0.226 e. The van der Waals surface area contributed by atoms with Gasteiger partial charge in [-0.15, -0.1) is 0 Å². The number of nitrogens with one attached hydrogen (secondary N) is 1. The summed E-state index contributed by atoms with van der Waals surface area (Å²) in [5.74, 6) is -1.03. The van der Waals surface area contributed by atoms with E-state index in [1.807, 2.05) is 30.3 Å². The largest absolute Gasteiger partial charge is 0.396 e. The molecule has 1 rings (SSSR count). The normalized spacial score (nSPS) is 11.9. The predicted molar refractivity (Wildman–Crippen MR) is 64.2 cm³/mol. The van der Waals surface area contributed by atoms with E-state index in [-0.39, 0.29) is 24.7 Å². The van der Waals surface area contributed by atoms with Crippen molar-refractivity contribution in [1.29, 1.82) is 0 Å². The Morgan fingerprint density at radius 2 is 1.94 bits per heavy atom. The maximum absolute atomic E-state index is 11.7. The van der Waals surface area contributed by atoms with Crippen LogP contribution in [0.3, 0.4) is 0 Å². The van der Waals surface area contributed by atoms with E-state index in [9.17, 15) is 9.59 Å². The van der Waals surface area contributed by atoms with Crippen LogP contribution < -0.4 is 5.32 Å². The Morgan fingerprint density at radius 1 is 1.29 bits per heavy atom. The van der Waals surface area contributed by atoms with Crippen molar-refractivity contribution in [2.24, 2.45) is 5.92 Å². The van der Waals surface area contributed by atoms with Gasteiger partial charge in [0.1, 0.15) is 5.78 Å². The van der Waals surface area contributed by atoms with E-state index in [0.717, 1.165) is 5.56 Å². The molecule has 1 aromatic carbocycles. The Bertz CT molecular complexity index is 376. The molecule has 0 aliphatic heterocycles. The first-order valence-electron chi connectivity index (χ1n) is 5.55. The van der Waals surface area contributed by atoms with Crippen LogP contribution in [-0.2, 0) is 16.1 Å². The molecule has 4 heteroatoms. The second kappa shape index (κ2) is 6.81. The lowest BCUT2D eigenvalue weighted by Crippen LogP contribution is -2.33. The van der Waals surface area contributed by atoms with Crippen molar-refractivity contribution in [2.45, 2.75) is 19.9 Å². The number of ketones is 1. The summed E-state index contributed by atoms with van der Waals surface area (Å²) in [6.07, 6.45) is 0.0805. The first kappa shape index (κ1) is 13.4. The highest BCUT2D eigenvalue weighted by molar-refractivity contribution is 5.85. The number of carbonyl (C=O) groups is 2. The van der Waals surface area contributed by atoms with Crippen LogP contribution in [0.25, 0.3) is 0 Å². The molecule has 0 aliphatic carbocycles. The molecular formula is C13H17NO3. The van der Waals surface area contributed by atoms with Crippen LogP contribution in [0.4, 0.5) is 0 Å². The number of rotatable bonds is 6. The van der Waals surface area contributed by atoms with Crippen LogP contribution in [0.5, 0.6) is 0 Å². The zero-order valence-electron chi connectivity index (χ0n) is 9.85. The molecule has 17 heavy (non-hydrogen) atoms. The minimum atomic E-state index is -0.642. The van der Waals surface area contributed by atoms with E-state index in [1.54, 1.807) is 0 Å². The summed E-state index contributed by atoms with van der Waals surface area (Å²) in [4.78, 5) is 22.6. The number of aliphatic hydroxyl groups is 1. The third-order valence-corrected chi connectivity index (χ3v) is 2.43. The van der Waals surface area contributed by atoms with Crippen molar-refractivity contribution >= 4 is 11.7 Å². The number of Topliss-reactive ketones (excluding diaryl/α,β-unsaturated/α-hetero) is 1. The fraction of sp³-hybridized carbons (Fsp3) is 0.385. The van der Waals surface area contributed by atoms with Crippen molar-refractivity contribution in [2.75, 3.05) is 6.61 Å². The van der Waals surface area contributed by atoms with Gasteiger partial charge in [-0.1, -0.05) is 30.3 Å². The number of carbonyl (C=O) groups excluding carboxylic acids is 2. The van der Waals surface area contributed by atoms with E-state index < -0.39 is 5.92 Å². The average molecular weight is 235 g/mol. The van der Waals surface area contributed by atoms with Gasteiger partial charge in [-0.25, -0.2) is 0 Å². The Balaban J connectivity index is 2.45. The monoisotopic (exact) mass is 235 g/mol. The van der Waals surface area contributed by atoms with Crippen molar-refractivity contribution in [3.8, 4) is 0 Å². The summed E-state index contributed by atoms with van der Waals surface area (Å²) >= 11 is 0. The van der Waals surface area contributed by atoms with Gasteiger partial charge >= 0.3 is 0 Å². The van der Waals surface area contributed by atoms with Gasteiger partial charge in [-0.3, -0.25) is 4.79 Å². The Kier molecular flexibility index (Phi) is 5.36. The summed E-state index contributed by atoms with van der Waals surface area (Å²) < 4.78 is 0. The molecule has 4 nitrogen and oxygen atoms in total. The lowest BCUT2D eigenvalue weighted by molar-refractivity contribution is -0.130. The van der Waals surface area contributed by atoms with Gasteiger partial charge in [0.2, 0.25) is 5.91 Å². The molecule has 0 bridgehead atoms. The van der Waals surface area contributed by atoms with Crippen molar-refractivity contribution < 1.29 is 14.7 Å². The van der Waals surface area contributed by atoms with Crippen molar-refractivity contribution in [3.63, 3.8) is 0 Å². The van der Waals surface area contributed by atoms with Gasteiger partial charge in [0.25, 0.3) is 0 Å². The van der Waals surface area contributed by atoms with Crippen molar-refractivity contribution in [3.05, 3.63) is 35.9 Å². The van der Waals surface area contributed by atoms with Gasteiger partial charge in [0.15, 0.2) is 0 Å². The van der Waals surface area contributed by atoms with E-state index in [4.69, 9.17) is 5.11 Å². The highest BCUT2D eigenvalue weighted by Crippen LogP contribution is 2.04. The molecule has 1 amide bonds. The topological polar surface area (TPSA) is 66.4 Å². The summed E-state index contributed by atoms with van der Waals surface area (Å²) in [5.41, 5.74) is 0.986. The molecule has 1 aromatic rings. The first-order chi connectivity index (χ1) is 8.13. The summed E-state index contributed by atoms with van der Waals surface area (Å²) in [6.45, 7) is 1.52. The van der Waals surface area contributed by atoms with Gasteiger partial charge in [0.05, 0.1) is 12.5 Å². The zero-order valence-corrected chi connectivity index (χ0v) is 9.85. The number of aliphatic hydroxyl groups excluding tert-OH is 1. The zero-order chi connectivity index (χ0) is 12.7. The molecule has 0 heterocycles. The third-order valence-electron chi connectivity index (χ3n) is 2.43. The fourth-order valence-corrected chi connectivity index (χ4v) is 1.52. The molecule has 0 saturated carbocycles. The second-order valence-electron chi connectivity index (χ2n) is 3.99. The summed E-state index contributed by atoms with van der Waals surface area (Å²) in [5, 5.41) is 11.7. The van der Waals surface area contributed by atoms with E-state index in [2.05, 4.69) is 5.32 Å². The number of hydrogen-bond donors (Lipinski definition) is 2. The smallest absolute Gasteiger partial charge is 0.226 e. The molecule has 0 saturated heterocycles. The molecule has 0 radical (unpaired) electrons. The van der Waals surface area contributed by atoms with Crippen LogP contribution in [0.1, 0.15) is 18.9 Å². The molecule has 92 valence electrons. The SMILES string of the molecule is CC(=O)C[C@H](CO)C(=O)NCc1ccccc1. The first-order valence-corrected chi connectivity index (χ1v) is 5.55. The van der Waals surface area contributed by atoms with Crippen LogP contribution >= 0.6 is 0 Å². The molecule has 0 aliphatic rings. The van der Waals surface area contributed by atoms with Gasteiger partial charge in [-0.2, -0.15) is 0 Å². The van der Waals surface area contributed by atoms with E-state index in [1.165, 1.54) is 6.92 Å². The lowest BCUT2D eigenvalue weighted by Gasteiger charge is -2.12. The van der Waals surface area contributed by atoms with Gasteiger partial charge in [0, 0.05) is 13.0 Å². The molecule has 0 unspecified atom stereocenters. The lowest BCUT2D eigenvalue weighted by atomic mass is 10.0. The molecule has 0 spiro atoms. The maximum atomic E-state index is 11.7. The molecule has 2 N–H and O–H groups in total. The summed E-state index contributed by atoms with van der Waals surface area (Å²) in [6, 6.07) is 9.48. The average Bonchev–Trinajstić information content (AvgIpc) is 2.34. The molecule has 1 atom stereocenters. The molecule has 0 aromatic heterocycles.